The van der Waals surface area contributed by atoms with Gasteiger partial charge in [0.1, 0.15) is 5.92 Å². The third-order valence-electron chi connectivity index (χ3n) is 4.43. The molecule has 0 radical (unpaired) electrons. The fourth-order valence-electron chi connectivity index (χ4n) is 3.10. The van der Waals surface area contributed by atoms with Gasteiger partial charge in [0.05, 0.1) is 16.5 Å². The van der Waals surface area contributed by atoms with Gasteiger partial charge in [-0.2, -0.15) is 26.3 Å². The van der Waals surface area contributed by atoms with Gasteiger partial charge in [-0.05, 0) is 29.1 Å². The SMILES string of the molecule is O=C1N[C@H](c2cccc(C(F)(F)F)c2)[C@@H](C(=O)c2cccs2)[C@@](O)(C(F)(F)F)N1. The fourth-order valence-corrected chi connectivity index (χ4v) is 3.80. The van der Waals surface area contributed by atoms with Crippen molar-refractivity contribution >= 4 is 23.2 Å². The predicted octanol–water partition coefficient (Wildman–Crippen LogP) is 3.87. The van der Waals surface area contributed by atoms with Crippen LogP contribution in [0.3, 0.4) is 0 Å². The lowest BCUT2D eigenvalue weighted by Crippen LogP contribution is -2.72. The van der Waals surface area contributed by atoms with Crippen molar-refractivity contribution in [3.63, 3.8) is 0 Å². The summed E-state index contributed by atoms with van der Waals surface area (Å²) in [6, 6.07) is 2.44. The molecule has 2 aromatic rings. The Morgan fingerprint density at radius 3 is 2.34 bits per heavy atom. The van der Waals surface area contributed by atoms with E-state index in [0.29, 0.717) is 12.1 Å². The largest absolute Gasteiger partial charge is 0.437 e. The van der Waals surface area contributed by atoms with Gasteiger partial charge < -0.3 is 15.7 Å². The maximum Gasteiger partial charge on any atom is 0.437 e. The summed E-state index contributed by atoms with van der Waals surface area (Å²) in [6.07, 6.45) is -10.3. The van der Waals surface area contributed by atoms with Crippen LogP contribution in [0.4, 0.5) is 31.1 Å². The van der Waals surface area contributed by atoms with Crippen LogP contribution in [0.1, 0.15) is 26.8 Å². The Balaban J connectivity index is 2.17. The van der Waals surface area contributed by atoms with E-state index in [1.165, 1.54) is 22.8 Å². The molecule has 1 saturated heterocycles. The summed E-state index contributed by atoms with van der Waals surface area (Å²) in [7, 11) is 0. The smallest absolute Gasteiger partial charge is 0.363 e. The molecule has 0 aliphatic carbocycles. The van der Waals surface area contributed by atoms with Crippen LogP contribution in [0.2, 0.25) is 0 Å². The summed E-state index contributed by atoms with van der Waals surface area (Å²) >= 11 is 0.793. The quantitative estimate of drug-likeness (QED) is 0.503. The number of hydrogen-bond donors (Lipinski definition) is 3. The number of urea groups is 1. The van der Waals surface area contributed by atoms with Gasteiger partial charge in [0, 0.05) is 0 Å². The first-order valence-corrected chi connectivity index (χ1v) is 8.85. The van der Waals surface area contributed by atoms with E-state index in [1.54, 1.807) is 0 Å². The Hall–Kier alpha value is -2.60. The van der Waals surface area contributed by atoms with E-state index in [0.717, 1.165) is 23.5 Å². The maximum atomic E-state index is 13.7. The van der Waals surface area contributed by atoms with E-state index < -0.39 is 53.0 Å². The number of rotatable bonds is 3. The third-order valence-corrected chi connectivity index (χ3v) is 5.31. The van der Waals surface area contributed by atoms with Crippen molar-refractivity contribution in [1.29, 1.82) is 0 Å². The molecule has 1 aliphatic heterocycles. The number of alkyl halides is 6. The van der Waals surface area contributed by atoms with Crippen LogP contribution < -0.4 is 10.6 Å². The fraction of sp³-hybridized carbons (Fsp3) is 0.294. The van der Waals surface area contributed by atoms with Gasteiger partial charge >= 0.3 is 18.4 Å². The number of ketones is 1. The molecule has 3 N–H and O–H groups in total. The second-order valence-corrected chi connectivity index (χ2v) is 7.23. The van der Waals surface area contributed by atoms with E-state index >= 15 is 0 Å². The predicted molar refractivity (Wildman–Crippen MR) is 89.0 cm³/mol. The monoisotopic (exact) mass is 438 g/mol. The molecule has 0 bridgehead atoms. The first kappa shape index (κ1) is 21.1. The zero-order valence-corrected chi connectivity index (χ0v) is 15.0. The molecule has 0 unspecified atom stereocenters. The topological polar surface area (TPSA) is 78.4 Å². The molecule has 2 amide bonds. The molecule has 156 valence electrons. The van der Waals surface area contributed by atoms with Crippen molar-refractivity contribution in [2.45, 2.75) is 24.1 Å². The number of aliphatic hydroxyl groups is 1. The van der Waals surface area contributed by atoms with Crippen LogP contribution in [0, 0.1) is 5.92 Å². The lowest BCUT2D eigenvalue weighted by Gasteiger charge is -2.45. The molecule has 0 saturated carbocycles. The molecule has 3 rings (SSSR count). The minimum Gasteiger partial charge on any atom is -0.363 e. The van der Waals surface area contributed by atoms with Crippen LogP contribution in [-0.4, -0.2) is 28.8 Å². The number of thiophene rings is 1. The Kier molecular flexibility index (Phi) is 5.11. The van der Waals surface area contributed by atoms with Crippen molar-refractivity contribution in [2.75, 3.05) is 0 Å². The second kappa shape index (κ2) is 7.02. The Morgan fingerprint density at radius 1 is 1.10 bits per heavy atom. The van der Waals surface area contributed by atoms with Gasteiger partial charge in [0.15, 0.2) is 5.78 Å². The number of nitrogens with one attached hydrogen (secondary N) is 2. The van der Waals surface area contributed by atoms with Crippen LogP contribution in [-0.2, 0) is 6.18 Å². The van der Waals surface area contributed by atoms with Gasteiger partial charge in [0.2, 0.25) is 5.72 Å². The van der Waals surface area contributed by atoms with Crippen molar-refractivity contribution in [2.24, 2.45) is 5.92 Å². The van der Waals surface area contributed by atoms with Crippen LogP contribution >= 0.6 is 11.3 Å². The van der Waals surface area contributed by atoms with Crippen molar-refractivity contribution < 1.29 is 41.0 Å². The molecular weight excluding hydrogens is 426 g/mol. The number of benzene rings is 1. The first-order valence-electron chi connectivity index (χ1n) is 7.97. The van der Waals surface area contributed by atoms with E-state index in [-0.39, 0.29) is 4.88 Å². The summed E-state index contributed by atoms with van der Waals surface area (Å²) in [5.74, 6) is -3.56. The minimum absolute atomic E-state index is 0.160. The Morgan fingerprint density at radius 2 is 1.79 bits per heavy atom. The molecule has 12 heteroatoms. The van der Waals surface area contributed by atoms with Gasteiger partial charge in [-0.3, -0.25) is 4.79 Å². The number of carbonyl (C=O) groups excluding carboxylic acids is 2. The van der Waals surface area contributed by atoms with E-state index in [9.17, 15) is 41.0 Å². The number of Topliss-reactive ketones (excluding diaryl/α,β-unsaturated/α-hetero) is 1. The Bertz CT molecular complexity index is 928. The van der Waals surface area contributed by atoms with Crippen LogP contribution in [0.5, 0.6) is 0 Å². The van der Waals surface area contributed by atoms with Crippen LogP contribution in [0.15, 0.2) is 41.8 Å². The highest BCUT2D eigenvalue weighted by atomic mass is 32.1. The van der Waals surface area contributed by atoms with Gasteiger partial charge in [-0.25, -0.2) is 4.79 Å². The Labute approximate surface area is 163 Å². The lowest BCUT2D eigenvalue weighted by molar-refractivity contribution is -0.287. The average Bonchev–Trinajstić information content (AvgIpc) is 3.14. The zero-order valence-electron chi connectivity index (χ0n) is 14.1. The van der Waals surface area contributed by atoms with Gasteiger partial charge in [-0.15, -0.1) is 11.3 Å². The van der Waals surface area contributed by atoms with E-state index in [4.69, 9.17) is 0 Å². The number of hydrogen-bond acceptors (Lipinski definition) is 4. The normalized spacial score (nSPS) is 25.3. The summed E-state index contributed by atoms with van der Waals surface area (Å²) in [5, 5.41) is 15.1. The molecule has 29 heavy (non-hydrogen) atoms. The number of amides is 2. The molecule has 2 heterocycles. The highest BCUT2D eigenvalue weighted by Gasteiger charge is 2.66. The molecule has 1 fully saturated rings. The minimum atomic E-state index is -5.48. The maximum absolute atomic E-state index is 13.7. The van der Waals surface area contributed by atoms with Crippen LogP contribution in [0.25, 0.3) is 0 Å². The second-order valence-electron chi connectivity index (χ2n) is 6.28. The van der Waals surface area contributed by atoms with Crippen molar-refractivity contribution in [3.05, 3.63) is 57.8 Å². The van der Waals surface area contributed by atoms with Gasteiger partial charge in [-0.1, -0.05) is 18.2 Å². The zero-order chi connectivity index (χ0) is 21.6. The number of carbonyl (C=O) groups is 2. The van der Waals surface area contributed by atoms with Crippen molar-refractivity contribution in [1.82, 2.24) is 10.6 Å². The third kappa shape index (κ3) is 3.81. The highest BCUT2D eigenvalue weighted by Crippen LogP contribution is 2.45. The summed E-state index contributed by atoms with van der Waals surface area (Å²) in [5.41, 5.74) is -5.58. The molecule has 5 nitrogen and oxygen atoms in total. The molecule has 0 spiro atoms. The molecule has 1 aromatic carbocycles. The summed E-state index contributed by atoms with van der Waals surface area (Å²) in [4.78, 5) is 24.5. The van der Waals surface area contributed by atoms with E-state index in [2.05, 4.69) is 0 Å². The van der Waals surface area contributed by atoms with Crippen molar-refractivity contribution in [3.8, 4) is 0 Å². The summed E-state index contributed by atoms with van der Waals surface area (Å²) in [6.45, 7) is 0. The molecule has 1 aromatic heterocycles. The summed E-state index contributed by atoms with van der Waals surface area (Å²) < 4.78 is 80.2. The van der Waals surface area contributed by atoms with Gasteiger partial charge in [0.25, 0.3) is 0 Å². The first-order chi connectivity index (χ1) is 13.3. The lowest BCUT2D eigenvalue weighted by atomic mass is 9.78. The number of halogens is 6. The average molecular weight is 438 g/mol. The standard InChI is InChI=1S/C17H12F6N2O3S/c18-16(19,20)9-4-1-3-8(7-9)12-11(13(26)10-5-2-6-29-10)15(28,17(21,22)23)25-14(27)24-12/h1-7,11-12,28H,(H2,24,25,27)/t11-,12+,15+/m0/s1. The molecule has 3 atom stereocenters. The molecule has 1 aliphatic rings. The molecular formula is C17H12F6N2O3S. The van der Waals surface area contributed by atoms with E-state index in [1.807, 2.05) is 5.32 Å². The highest BCUT2D eigenvalue weighted by molar-refractivity contribution is 7.12.